The Balaban J connectivity index is 1.74. The number of thiophene rings is 1. The van der Waals surface area contributed by atoms with E-state index in [1.807, 2.05) is 30.5 Å². The van der Waals surface area contributed by atoms with Gasteiger partial charge in [-0.15, -0.1) is 11.3 Å². The van der Waals surface area contributed by atoms with Gasteiger partial charge in [-0.25, -0.2) is 0 Å². The molecule has 3 aromatic rings. The predicted molar refractivity (Wildman–Crippen MR) is 124 cm³/mol. The molecule has 2 amide bonds. The zero-order valence-corrected chi connectivity index (χ0v) is 18.9. The van der Waals surface area contributed by atoms with Gasteiger partial charge in [-0.3, -0.25) is 14.5 Å². The van der Waals surface area contributed by atoms with Crippen molar-refractivity contribution >= 4 is 40.4 Å². The Morgan fingerprint density at radius 2 is 2.00 bits per heavy atom. The third-order valence-electron chi connectivity index (χ3n) is 5.50. The lowest BCUT2D eigenvalue weighted by Crippen LogP contribution is -2.46. The lowest BCUT2D eigenvalue weighted by Gasteiger charge is -2.31. The number of anilines is 1. The van der Waals surface area contributed by atoms with Crippen molar-refractivity contribution in [2.75, 3.05) is 4.90 Å². The first-order valence-corrected chi connectivity index (χ1v) is 11.7. The molecule has 0 spiro atoms. The minimum absolute atomic E-state index is 0.125. The number of aryl methyl sites for hydroxylation is 1. The molecule has 1 atom stereocenters. The highest BCUT2D eigenvalue weighted by atomic mass is 35.5. The van der Waals surface area contributed by atoms with Crippen molar-refractivity contribution in [1.82, 2.24) is 5.32 Å². The number of benzene rings is 1. The van der Waals surface area contributed by atoms with E-state index in [1.165, 1.54) is 16.2 Å². The number of halogens is 1. The number of nitrogens with zero attached hydrogens (tertiary/aromatic N) is 1. The largest absolute Gasteiger partial charge is 0.464 e. The van der Waals surface area contributed by atoms with E-state index in [2.05, 4.69) is 5.32 Å². The van der Waals surface area contributed by atoms with Crippen LogP contribution in [0.2, 0.25) is 5.02 Å². The van der Waals surface area contributed by atoms with Gasteiger partial charge in [-0.05, 0) is 61.5 Å². The lowest BCUT2D eigenvalue weighted by molar-refractivity contribution is -0.127. The molecular weight excluding hydrogens is 432 g/mol. The maximum absolute atomic E-state index is 13.6. The Hall–Kier alpha value is -2.57. The summed E-state index contributed by atoms with van der Waals surface area (Å²) >= 11 is 7.76. The fraction of sp³-hybridized carbons (Fsp3) is 0.333. The summed E-state index contributed by atoms with van der Waals surface area (Å²) in [6.45, 7) is 1.83. The number of hydrogen-bond acceptors (Lipinski definition) is 4. The normalized spacial score (nSPS) is 15.0. The summed E-state index contributed by atoms with van der Waals surface area (Å²) in [7, 11) is 0. The first-order valence-electron chi connectivity index (χ1n) is 10.5. The van der Waals surface area contributed by atoms with Gasteiger partial charge in [0.25, 0.3) is 5.91 Å². The third kappa shape index (κ3) is 5.20. The van der Waals surface area contributed by atoms with Crippen LogP contribution in [0.25, 0.3) is 0 Å². The van der Waals surface area contributed by atoms with Crippen LogP contribution in [0, 0.1) is 6.92 Å². The zero-order chi connectivity index (χ0) is 21.8. The van der Waals surface area contributed by atoms with E-state index in [0.717, 1.165) is 30.6 Å². The molecule has 0 unspecified atom stereocenters. The predicted octanol–water partition coefficient (Wildman–Crippen LogP) is 5.68. The monoisotopic (exact) mass is 456 g/mol. The van der Waals surface area contributed by atoms with Crippen molar-refractivity contribution < 1.29 is 14.0 Å². The highest BCUT2D eigenvalue weighted by Crippen LogP contribution is 2.32. The highest BCUT2D eigenvalue weighted by molar-refractivity contribution is 7.10. The maximum atomic E-state index is 13.6. The lowest BCUT2D eigenvalue weighted by atomic mass is 10.1. The Bertz CT molecular complexity index is 1040. The Morgan fingerprint density at radius 1 is 1.19 bits per heavy atom. The van der Waals surface area contributed by atoms with Gasteiger partial charge in [0, 0.05) is 21.6 Å². The first kappa shape index (κ1) is 21.7. The van der Waals surface area contributed by atoms with Crippen molar-refractivity contribution in [1.29, 1.82) is 0 Å². The van der Waals surface area contributed by atoms with Gasteiger partial charge in [0.1, 0.15) is 11.5 Å². The Kier molecular flexibility index (Phi) is 6.78. The van der Waals surface area contributed by atoms with Crippen LogP contribution in [0.15, 0.2) is 58.3 Å². The van der Waals surface area contributed by atoms with Gasteiger partial charge >= 0.3 is 0 Å². The summed E-state index contributed by atoms with van der Waals surface area (Å²) in [4.78, 5) is 29.5. The van der Waals surface area contributed by atoms with Gasteiger partial charge in [0.15, 0.2) is 6.04 Å². The molecule has 1 aliphatic rings. The molecule has 1 saturated carbocycles. The number of rotatable bonds is 7. The maximum Gasteiger partial charge on any atom is 0.251 e. The topological polar surface area (TPSA) is 62.6 Å². The van der Waals surface area contributed by atoms with Crippen molar-refractivity contribution in [2.24, 2.45) is 0 Å². The number of nitrogens with one attached hydrogen (secondary N) is 1. The minimum atomic E-state index is -0.916. The van der Waals surface area contributed by atoms with Crippen molar-refractivity contribution in [3.63, 3.8) is 0 Å². The summed E-state index contributed by atoms with van der Waals surface area (Å²) in [6, 6.07) is 13.7. The van der Waals surface area contributed by atoms with E-state index in [4.69, 9.17) is 16.0 Å². The summed E-state index contributed by atoms with van der Waals surface area (Å²) in [5.41, 5.74) is 0.565. The molecule has 2 aromatic heterocycles. The van der Waals surface area contributed by atoms with Crippen molar-refractivity contribution in [3.05, 3.63) is 75.3 Å². The second-order valence-corrected chi connectivity index (χ2v) is 9.31. The molecule has 7 heteroatoms. The van der Waals surface area contributed by atoms with Crippen LogP contribution in [0.3, 0.4) is 0 Å². The minimum Gasteiger partial charge on any atom is -0.464 e. The van der Waals surface area contributed by atoms with Crippen LogP contribution >= 0.6 is 22.9 Å². The molecule has 2 heterocycles. The Labute approximate surface area is 191 Å². The van der Waals surface area contributed by atoms with Gasteiger partial charge in [-0.1, -0.05) is 36.6 Å². The van der Waals surface area contributed by atoms with Gasteiger partial charge in [0.05, 0.1) is 6.42 Å². The van der Waals surface area contributed by atoms with E-state index in [-0.39, 0.29) is 24.3 Å². The first-order chi connectivity index (χ1) is 15.0. The zero-order valence-electron chi connectivity index (χ0n) is 17.3. The summed E-state index contributed by atoms with van der Waals surface area (Å²) < 4.78 is 5.86. The molecule has 5 nitrogen and oxygen atoms in total. The molecule has 0 saturated heterocycles. The SMILES string of the molecule is Cc1ccc([C@@H](C(=O)NC2CCCC2)N(C(=O)Cc2cccs2)c2cccc(Cl)c2)o1. The van der Waals surface area contributed by atoms with Crippen LogP contribution in [0.1, 0.15) is 48.1 Å². The standard InChI is InChI=1S/C24H25ClN2O3S/c1-16-11-12-21(30-16)23(24(29)26-18-7-2-3-8-18)27(19-9-4-6-17(25)14-19)22(28)15-20-10-5-13-31-20/h4-6,9-14,18,23H,2-3,7-8,15H2,1H3,(H,26,29)/t23-/m0/s1. The molecule has 31 heavy (non-hydrogen) atoms. The number of amides is 2. The molecular formula is C24H25ClN2O3S. The third-order valence-corrected chi connectivity index (χ3v) is 6.61. The fourth-order valence-corrected chi connectivity index (χ4v) is 4.92. The van der Waals surface area contributed by atoms with E-state index in [1.54, 1.807) is 30.3 Å². The summed E-state index contributed by atoms with van der Waals surface area (Å²) in [5.74, 6) is 0.698. The quantitative estimate of drug-likeness (QED) is 0.497. The van der Waals surface area contributed by atoms with Crippen molar-refractivity contribution in [2.45, 2.75) is 51.1 Å². The van der Waals surface area contributed by atoms with Crippen LogP contribution in [-0.2, 0) is 16.0 Å². The van der Waals surface area contributed by atoms with Crippen LogP contribution in [0.4, 0.5) is 5.69 Å². The van der Waals surface area contributed by atoms with Gasteiger partial charge < -0.3 is 9.73 Å². The van der Waals surface area contributed by atoms with E-state index in [9.17, 15) is 9.59 Å². The summed E-state index contributed by atoms with van der Waals surface area (Å²) in [5, 5.41) is 5.58. The number of carbonyl (C=O) groups excluding carboxylic acids is 2. The molecule has 1 aromatic carbocycles. The fourth-order valence-electron chi connectivity index (χ4n) is 4.03. The average Bonchev–Trinajstić information content (AvgIpc) is 3.49. The molecule has 1 N–H and O–H groups in total. The smallest absolute Gasteiger partial charge is 0.251 e. The molecule has 0 radical (unpaired) electrons. The molecule has 4 rings (SSSR count). The molecule has 1 aliphatic carbocycles. The second kappa shape index (κ2) is 9.71. The number of carbonyl (C=O) groups is 2. The van der Waals surface area contributed by atoms with Crippen LogP contribution < -0.4 is 10.2 Å². The van der Waals surface area contributed by atoms with Crippen LogP contribution in [-0.4, -0.2) is 17.9 Å². The molecule has 0 aliphatic heterocycles. The number of furan rings is 1. The van der Waals surface area contributed by atoms with E-state index >= 15 is 0 Å². The van der Waals surface area contributed by atoms with E-state index in [0.29, 0.717) is 22.2 Å². The summed E-state index contributed by atoms with van der Waals surface area (Å²) in [6.07, 6.45) is 4.30. The number of hydrogen-bond donors (Lipinski definition) is 1. The molecule has 162 valence electrons. The average molecular weight is 457 g/mol. The van der Waals surface area contributed by atoms with Crippen LogP contribution in [0.5, 0.6) is 0 Å². The Morgan fingerprint density at radius 3 is 2.65 bits per heavy atom. The second-order valence-electron chi connectivity index (χ2n) is 7.84. The highest BCUT2D eigenvalue weighted by Gasteiger charge is 2.36. The molecule has 0 bridgehead atoms. The van der Waals surface area contributed by atoms with Gasteiger partial charge in [-0.2, -0.15) is 0 Å². The molecule has 1 fully saturated rings. The van der Waals surface area contributed by atoms with Gasteiger partial charge in [0.2, 0.25) is 5.91 Å². The van der Waals surface area contributed by atoms with E-state index < -0.39 is 6.04 Å². The van der Waals surface area contributed by atoms with Crippen molar-refractivity contribution in [3.8, 4) is 0 Å².